The van der Waals surface area contributed by atoms with Crippen LogP contribution in [0.2, 0.25) is 0 Å². The van der Waals surface area contributed by atoms with Crippen LogP contribution in [-0.2, 0) is 20.7 Å². The Morgan fingerprint density at radius 3 is 2.79 bits per heavy atom. The molecule has 0 radical (unpaired) electrons. The Hall–Kier alpha value is -2.38. The van der Waals surface area contributed by atoms with Crippen molar-refractivity contribution in [3.63, 3.8) is 0 Å². The average Bonchev–Trinajstić information content (AvgIpc) is 3.49. The van der Waals surface area contributed by atoms with Crippen molar-refractivity contribution in [2.75, 3.05) is 32.8 Å². The van der Waals surface area contributed by atoms with E-state index in [-0.39, 0.29) is 36.4 Å². The quantitative estimate of drug-likeness (QED) is 0.548. The number of benzene rings is 1. The monoisotopic (exact) mass is 470 g/mol. The number of nitrogens with zero attached hydrogens (tertiary/aromatic N) is 2. The molecule has 1 aromatic heterocycles. The van der Waals surface area contributed by atoms with Crippen molar-refractivity contribution in [2.45, 2.75) is 51.7 Å². The van der Waals surface area contributed by atoms with Gasteiger partial charge in [0, 0.05) is 31.0 Å². The molecular formula is C26H34N2O4S. The summed E-state index contributed by atoms with van der Waals surface area (Å²) in [6.07, 6.45) is 3.25. The summed E-state index contributed by atoms with van der Waals surface area (Å²) in [5, 5.41) is 2.09. The molecule has 4 rings (SSSR count). The van der Waals surface area contributed by atoms with E-state index >= 15 is 0 Å². The Morgan fingerprint density at radius 2 is 2.06 bits per heavy atom. The van der Waals surface area contributed by atoms with Gasteiger partial charge in [0.05, 0.1) is 18.7 Å². The predicted molar refractivity (Wildman–Crippen MR) is 129 cm³/mol. The van der Waals surface area contributed by atoms with Gasteiger partial charge < -0.3 is 19.3 Å². The molecule has 2 atom stereocenters. The summed E-state index contributed by atoms with van der Waals surface area (Å²) in [4.78, 5) is 31.5. The Balaban J connectivity index is 1.48. The van der Waals surface area contributed by atoms with Gasteiger partial charge in [0.2, 0.25) is 11.8 Å². The van der Waals surface area contributed by atoms with Crippen molar-refractivity contribution >= 4 is 23.2 Å². The highest BCUT2D eigenvalue weighted by Crippen LogP contribution is 2.34. The minimum Gasteiger partial charge on any atom is -0.491 e. The van der Waals surface area contributed by atoms with Crippen molar-refractivity contribution in [3.05, 3.63) is 52.2 Å². The molecule has 6 nitrogen and oxygen atoms in total. The van der Waals surface area contributed by atoms with E-state index in [0.717, 1.165) is 37.2 Å². The Labute approximate surface area is 200 Å². The number of hydrogen-bond acceptors (Lipinski definition) is 5. The molecule has 7 heteroatoms. The molecule has 0 saturated carbocycles. The zero-order valence-electron chi connectivity index (χ0n) is 19.6. The van der Waals surface area contributed by atoms with E-state index in [2.05, 4.69) is 11.4 Å². The summed E-state index contributed by atoms with van der Waals surface area (Å²) >= 11 is 1.74. The molecule has 1 aromatic carbocycles. The van der Waals surface area contributed by atoms with Crippen LogP contribution in [0.15, 0.2) is 41.8 Å². The first-order valence-electron chi connectivity index (χ1n) is 11.9. The standard InChI is InChI=1S/C26H34N2O4S/c1-19(2)15-25(29)27(16-21-9-6-13-31-21)17-26(30)28-12-10-24-22(11-14-33-24)23(28)18-32-20-7-4-3-5-8-20/h3-5,7-8,11,14,19,21,23H,6,9-10,12-13,15-18H2,1-2H3/t21-,23-/m1/s1. The van der Waals surface area contributed by atoms with Gasteiger partial charge in [0.25, 0.3) is 0 Å². The molecule has 0 aliphatic carbocycles. The summed E-state index contributed by atoms with van der Waals surface area (Å²) in [5.74, 6) is 1.04. The second kappa shape index (κ2) is 11.2. The van der Waals surface area contributed by atoms with Crippen molar-refractivity contribution in [1.29, 1.82) is 0 Å². The summed E-state index contributed by atoms with van der Waals surface area (Å²) in [6, 6.07) is 11.6. The lowest BCUT2D eigenvalue weighted by atomic mass is 10.00. The second-order valence-electron chi connectivity index (χ2n) is 9.28. The van der Waals surface area contributed by atoms with E-state index in [9.17, 15) is 9.59 Å². The molecule has 2 aromatic rings. The summed E-state index contributed by atoms with van der Waals surface area (Å²) < 4.78 is 11.8. The van der Waals surface area contributed by atoms with Gasteiger partial charge in [0.1, 0.15) is 12.4 Å². The SMILES string of the molecule is CC(C)CC(=O)N(CC(=O)N1CCc2sccc2[C@H]1COc1ccccc1)C[C@H]1CCCO1. The summed E-state index contributed by atoms with van der Waals surface area (Å²) in [6.45, 7) is 6.41. The number of ether oxygens (including phenoxy) is 2. The van der Waals surface area contributed by atoms with Gasteiger partial charge in [-0.2, -0.15) is 0 Å². The normalized spacial score (nSPS) is 20.0. The molecule has 1 fully saturated rings. The highest BCUT2D eigenvalue weighted by atomic mass is 32.1. The van der Waals surface area contributed by atoms with E-state index in [1.54, 1.807) is 16.2 Å². The largest absolute Gasteiger partial charge is 0.491 e. The number of hydrogen-bond donors (Lipinski definition) is 0. The van der Waals surface area contributed by atoms with Crippen molar-refractivity contribution in [1.82, 2.24) is 9.80 Å². The van der Waals surface area contributed by atoms with Crippen LogP contribution < -0.4 is 4.74 Å². The number of carbonyl (C=O) groups is 2. The highest BCUT2D eigenvalue weighted by molar-refractivity contribution is 7.10. The predicted octanol–water partition coefficient (Wildman–Crippen LogP) is 4.31. The maximum absolute atomic E-state index is 13.6. The third kappa shape index (κ3) is 6.15. The topological polar surface area (TPSA) is 59.1 Å². The van der Waals surface area contributed by atoms with Crippen LogP contribution in [0.4, 0.5) is 0 Å². The van der Waals surface area contributed by atoms with E-state index in [4.69, 9.17) is 9.47 Å². The molecule has 0 spiro atoms. The van der Waals surface area contributed by atoms with Gasteiger partial charge in [-0.05, 0) is 54.3 Å². The third-order valence-corrected chi connectivity index (χ3v) is 7.27. The van der Waals surface area contributed by atoms with Crippen LogP contribution in [0.25, 0.3) is 0 Å². The smallest absolute Gasteiger partial charge is 0.242 e. The van der Waals surface area contributed by atoms with Crippen LogP contribution in [0, 0.1) is 5.92 Å². The Kier molecular flexibility index (Phi) is 8.04. The van der Waals surface area contributed by atoms with Crippen LogP contribution in [0.1, 0.15) is 49.6 Å². The molecular weight excluding hydrogens is 436 g/mol. The lowest BCUT2D eigenvalue weighted by Crippen LogP contribution is -2.49. The minimum absolute atomic E-state index is 0.0240. The fourth-order valence-electron chi connectivity index (χ4n) is 4.59. The molecule has 0 unspecified atom stereocenters. The zero-order chi connectivity index (χ0) is 23.2. The summed E-state index contributed by atoms with van der Waals surface area (Å²) in [7, 11) is 0. The van der Waals surface area contributed by atoms with Crippen LogP contribution in [-0.4, -0.2) is 60.6 Å². The summed E-state index contributed by atoms with van der Waals surface area (Å²) in [5.41, 5.74) is 1.16. The average molecular weight is 471 g/mol. The molecule has 2 aliphatic heterocycles. The number of carbonyl (C=O) groups excluding carboxylic acids is 2. The molecule has 0 bridgehead atoms. The fraction of sp³-hybridized carbons (Fsp3) is 0.538. The maximum Gasteiger partial charge on any atom is 0.242 e. The van der Waals surface area contributed by atoms with Gasteiger partial charge in [-0.25, -0.2) is 0 Å². The van der Waals surface area contributed by atoms with Gasteiger partial charge >= 0.3 is 0 Å². The molecule has 2 aliphatic rings. The number of amides is 2. The van der Waals surface area contributed by atoms with E-state index in [1.165, 1.54) is 4.88 Å². The fourth-order valence-corrected chi connectivity index (χ4v) is 5.52. The molecule has 3 heterocycles. The minimum atomic E-state index is -0.155. The third-order valence-electron chi connectivity index (χ3n) is 6.28. The molecule has 33 heavy (non-hydrogen) atoms. The van der Waals surface area contributed by atoms with Crippen molar-refractivity contribution < 1.29 is 19.1 Å². The maximum atomic E-state index is 13.6. The number of para-hydroxylation sites is 1. The first kappa shape index (κ1) is 23.8. The van der Waals surface area contributed by atoms with Crippen LogP contribution in [0.3, 0.4) is 0 Å². The lowest BCUT2D eigenvalue weighted by molar-refractivity contribution is -0.144. The zero-order valence-corrected chi connectivity index (χ0v) is 20.4. The molecule has 178 valence electrons. The molecule has 1 saturated heterocycles. The molecule has 0 N–H and O–H groups in total. The van der Waals surface area contributed by atoms with Gasteiger partial charge in [-0.1, -0.05) is 32.0 Å². The number of thiophene rings is 1. The molecule has 2 amide bonds. The van der Waals surface area contributed by atoms with Crippen molar-refractivity contribution in [3.8, 4) is 5.75 Å². The first-order chi connectivity index (χ1) is 16.0. The van der Waals surface area contributed by atoms with E-state index in [0.29, 0.717) is 26.1 Å². The van der Waals surface area contributed by atoms with E-state index < -0.39 is 0 Å². The van der Waals surface area contributed by atoms with Crippen LogP contribution in [0.5, 0.6) is 5.75 Å². The number of fused-ring (bicyclic) bond motifs is 1. The Morgan fingerprint density at radius 1 is 1.24 bits per heavy atom. The van der Waals surface area contributed by atoms with Gasteiger partial charge in [-0.3, -0.25) is 9.59 Å². The first-order valence-corrected chi connectivity index (χ1v) is 12.8. The lowest BCUT2D eigenvalue weighted by Gasteiger charge is -2.37. The van der Waals surface area contributed by atoms with Gasteiger partial charge in [0.15, 0.2) is 0 Å². The number of rotatable bonds is 9. The van der Waals surface area contributed by atoms with E-state index in [1.807, 2.05) is 49.1 Å². The second-order valence-corrected chi connectivity index (χ2v) is 10.3. The van der Waals surface area contributed by atoms with Crippen molar-refractivity contribution in [2.24, 2.45) is 5.92 Å². The Bertz CT molecular complexity index is 923. The van der Waals surface area contributed by atoms with Crippen LogP contribution >= 0.6 is 11.3 Å². The van der Waals surface area contributed by atoms with Gasteiger partial charge in [-0.15, -0.1) is 11.3 Å². The highest BCUT2D eigenvalue weighted by Gasteiger charge is 2.34.